The largest absolute Gasteiger partial charge is 0.445 e. The van der Waals surface area contributed by atoms with E-state index in [1.165, 1.54) is 0 Å². The third kappa shape index (κ3) is 5.21. The van der Waals surface area contributed by atoms with Gasteiger partial charge >= 0.3 is 6.09 Å². The number of ether oxygens (including phenoxy) is 2. The minimum Gasteiger partial charge on any atom is -0.445 e. The molecule has 0 saturated carbocycles. The van der Waals surface area contributed by atoms with Crippen LogP contribution in [0.25, 0.3) is 0 Å². The number of carbonyl (C=O) groups excluding carboxylic acids is 1. The van der Waals surface area contributed by atoms with Gasteiger partial charge in [-0.15, -0.1) is 0 Å². The van der Waals surface area contributed by atoms with Gasteiger partial charge in [-0.1, -0.05) is 30.3 Å². The van der Waals surface area contributed by atoms with E-state index in [0.717, 1.165) is 37.9 Å². The van der Waals surface area contributed by atoms with Crippen molar-refractivity contribution in [1.82, 2.24) is 5.32 Å². The first-order chi connectivity index (χ1) is 9.74. The molecule has 0 spiro atoms. The predicted octanol–water partition coefficient (Wildman–Crippen LogP) is 3.26. The lowest BCUT2D eigenvalue weighted by Gasteiger charge is -2.16. The zero-order valence-corrected chi connectivity index (χ0v) is 12.0. The first-order valence-corrected chi connectivity index (χ1v) is 7.33. The van der Waals surface area contributed by atoms with Crippen molar-refractivity contribution in [2.24, 2.45) is 0 Å². The van der Waals surface area contributed by atoms with Gasteiger partial charge in [-0.3, -0.25) is 0 Å². The second-order valence-electron chi connectivity index (χ2n) is 5.32. The number of hydrogen-bond donors (Lipinski definition) is 1. The number of rotatable bonds is 6. The molecule has 4 heteroatoms. The highest BCUT2D eigenvalue weighted by Gasteiger charge is 2.17. The number of benzene rings is 1. The number of nitrogens with one attached hydrogen (secondary N) is 1. The van der Waals surface area contributed by atoms with Gasteiger partial charge in [0.25, 0.3) is 0 Å². The molecule has 2 atom stereocenters. The maximum atomic E-state index is 11.7. The third-order valence-corrected chi connectivity index (χ3v) is 3.52. The van der Waals surface area contributed by atoms with E-state index in [0.29, 0.717) is 12.7 Å². The summed E-state index contributed by atoms with van der Waals surface area (Å²) in [5, 5.41) is 2.86. The molecule has 2 unspecified atom stereocenters. The second-order valence-corrected chi connectivity index (χ2v) is 5.32. The van der Waals surface area contributed by atoms with Gasteiger partial charge in [0.05, 0.1) is 6.10 Å². The fraction of sp³-hybridized carbons (Fsp3) is 0.562. The average molecular weight is 277 g/mol. The molecule has 1 fully saturated rings. The molecule has 1 aliphatic rings. The molecule has 0 aliphatic carbocycles. The van der Waals surface area contributed by atoms with Crippen LogP contribution in [0.2, 0.25) is 0 Å². The molecular weight excluding hydrogens is 254 g/mol. The molecule has 1 N–H and O–H groups in total. The molecule has 2 rings (SSSR count). The number of amides is 1. The summed E-state index contributed by atoms with van der Waals surface area (Å²) >= 11 is 0. The van der Waals surface area contributed by atoms with Gasteiger partial charge in [0.1, 0.15) is 6.61 Å². The topological polar surface area (TPSA) is 47.6 Å². The predicted molar refractivity (Wildman–Crippen MR) is 77.4 cm³/mol. The van der Waals surface area contributed by atoms with Crippen LogP contribution in [0.15, 0.2) is 30.3 Å². The Morgan fingerprint density at radius 2 is 2.25 bits per heavy atom. The highest BCUT2D eigenvalue weighted by molar-refractivity contribution is 5.67. The molecule has 1 aromatic carbocycles. The van der Waals surface area contributed by atoms with Crippen molar-refractivity contribution in [3.05, 3.63) is 35.9 Å². The van der Waals surface area contributed by atoms with Crippen molar-refractivity contribution in [2.75, 3.05) is 6.61 Å². The Kier molecular flexibility index (Phi) is 5.87. The van der Waals surface area contributed by atoms with Gasteiger partial charge in [-0.25, -0.2) is 4.79 Å². The van der Waals surface area contributed by atoms with Crippen LogP contribution in [-0.4, -0.2) is 24.8 Å². The van der Waals surface area contributed by atoms with Crippen molar-refractivity contribution >= 4 is 6.09 Å². The first kappa shape index (κ1) is 14.9. The van der Waals surface area contributed by atoms with Gasteiger partial charge in [-0.2, -0.15) is 0 Å². The fourth-order valence-electron chi connectivity index (χ4n) is 2.35. The Labute approximate surface area is 120 Å². The zero-order valence-electron chi connectivity index (χ0n) is 12.0. The number of alkyl carbamates (subject to hydrolysis) is 1. The van der Waals surface area contributed by atoms with Crippen LogP contribution in [0.4, 0.5) is 4.79 Å². The van der Waals surface area contributed by atoms with Gasteiger partial charge in [0.15, 0.2) is 0 Å². The van der Waals surface area contributed by atoms with Crippen molar-refractivity contribution < 1.29 is 14.3 Å². The Hall–Kier alpha value is -1.55. The SMILES string of the molecule is CC(CCC1CCCO1)NC(=O)OCc1ccccc1. The second kappa shape index (κ2) is 7.90. The van der Waals surface area contributed by atoms with E-state index in [1.54, 1.807) is 0 Å². The van der Waals surface area contributed by atoms with Gasteiger partial charge in [-0.05, 0) is 38.2 Å². The normalized spacial score (nSPS) is 19.6. The summed E-state index contributed by atoms with van der Waals surface area (Å²) in [6.07, 6.45) is 4.25. The van der Waals surface area contributed by atoms with E-state index in [9.17, 15) is 4.79 Å². The monoisotopic (exact) mass is 277 g/mol. The summed E-state index contributed by atoms with van der Waals surface area (Å²) in [5.41, 5.74) is 0.995. The Bertz CT molecular complexity index is 401. The standard InChI is InChI=1S/C16H23NO3/c1-13(9-10-15-8-5-11-19-15)17-16(18)20-12-14-6-3-2-4-7-14/h2-4,6-7,13,15H,5,8-12H2,1H3,(H,17,18). The number of hydrogen-bond acceptors (Lipinski definition) is 3. The van der Waals surface area contributed by atoms with E-state index < -0.39 is 0 Å². The lowest BCUT2D eigenvalue weighted by atomic mass is 10.1. The molecule has 4 nitrogen and oxygen atoms in total. The molecule has 1 heterocycles. The third-order valence-electron chi connectivity index (χ3n) is 3.52. The molecular formula is C16H23NO3. The van der Waals surface area contributed by atoms with Crippen LogP contribution in [0, 0.1) is 0 Å². The quantitative estimate of drug-likeness (QED) is 0.868. The Balaban J connectivity index is 1.60. The molecule has 0 bridgehead atoms. The van der Waals surface area contributed by atoms with E-state index >= 15 is 0 Å². The number of carbonyl (C=O) groups is 1. The summed E-state index contributed by atoms with van der Waals surface area (Å²) in [5.74, 6) is 0. The molecule has 1 aromatic rings. The maximum absolute atomic E-state index is 11.7. The average Bonchev–Trinajstić information content (AvgIpc) is 2.97. The summed E-state index contributed by atoms with van der Waals surface area (Å²) in [6.45, 7) is 3.19. The zero-order chi connectivity index (χ0) is 14.2. The first-order valence-electron chi connectivity index (χ1n) is 7.33. The summed E-state index contributed by atoms with van der Waals surface area (Å²) in [7, 11) is 0. The Morgan fingerprint density at radius 1 is 1.45 bits per heavy atom. The van der Waals surface area contributed by atoms with Crippen molar-refractivity contribution in [1.29, 1.82) is 0 Å². The van der Waals surface area contributed by atoms with Gasteiger partial charge in [0.2, 0.25) is 0 Å². The van der Waals surface area contributed by atoms with Crippen molar-refractivity contribution in [3.63, 3.8) is 0 Å². The van der Waals surface area contributed by atoms with Crippen molar-refractivity contribution in [3.8, 4) is 0 Å². The van der Waals surface area contributed by atoms with Crippen LogP contribution < -0.4 is 5.32 Å². The van der Waals surface area contributed by atoms with Gasteiger partial charge in [0, 0.05) is 12.6 Å². The van der Waals surface area contributed by atoms with E-state index in [1.807, 2.05) is 37.3 Å². The summed E-state index contributed by atoms with van der Waals surface area (Å²) in [6, 6.07) is 9.79. The highest BCUT2D eigenvalue weighted by Crippen LogP contribution is 2.17. The molecule has 20 heavy (non-hydrogen) atoms. The van der Waals surface area contributed by atoms with Crippen LogP contribution in [-0.2, 0) is 16.1 Å². The highest BCUT2D eigenvalue weighted by atomic mass is 16.5. The minimum absolute atomic E-state index is 0.113. The van der Waals surface area contributed by atoms with Crippen LogP contribution in [0.3, 0.4) is 0 Å². The molecule has 110 valence electrons. The van der Waals surface area contributed by atoms with Crippen molar-refractivity contribution in [2.45, 2.75) is 51.4 Å². The van der Waals surface area contributed by atoms with Crippen LogP contribution in [0.5, 0.6) is 0 Å². The summed E-state index contributed by atoms with van der Waals surface area (Å²) in [4.78, 5) is 11.7. The molecule has 1 saturated heterocycles. The minimum atomic E-state index is -0.353. The fourth-order valence-corrected chi connectivity index (χ4v) is 2.35. The maximum Gasteiger partial charge on any atom is 0.407 e. The molecule has 0 aromatic heterocycles. The van der Waals surface area contributed by atoms with E-state index in [-0.39, 0.29) is 12.1 Å². The van der Waals surface area contributed by atoms with Gasteiger partial charge < -0.3 is 14.8 Å². The summed E-state index contributed by atoms with van der Waals surface area (Å²) < 4.78 is 10.8. The lowest BCUT2D eigenvalue weighted by molar-refractivity contribution is 0.0984. The molecule has 1 aliphatic heterocycles. The molecule has 0 radical (unpaired) electrons. The lowest BCUT2D eigenvalue weighted by Crippen LogP contribution is -2.33. The molecule has 1 amide bonds. The Morgan fingerprint density at radius 3 is 2.95 bits per heavy atom. The smallest absolute Gasteiger partial charge is 0.407 e. The van der Waals surface area contributed by atoms with E-state index in [2.05, 4.69) is 5.32 Å². The van der Waals surface area contributed by atoms with E-state index in [4.69, 9.17) is 9.47 Å². The van der Waals surface area contributed by atoms with Crippen LogP contribution >= 0.6 is 0 Å². The van der Waals surface area contributed by atoms with Crippen LogP contribution in [0.1, 0.15) is 38.2 Å².